The summed E-state index contributed by atoms with van der Waals surface area (Å²) in [5, 5.41) is 18.4. The third-order valence-electron chi connectivity index (χ3n) is 4.06. The molecule has 1 aromatic rings. The lowest BCUT2D eigenvalue weighted by Gasteiger charge is -2.38. The molecular weight excluding hydrogens is 240 g/mol. The van der Waals surface area contributed by atoms with Crippen molar-refractivity contribution in [3.8, 4) is 6.07 Å². The van der Waals surface area contributed by atoms with Crippen molar-refractivity contribution >= 4 is 11.7 Å². The van der Waals surface area contributed by atoms with Crippen molar-refractivity contribution in [1.82, 2.24) is 0 Å². The number of carbonyl (C=O) groups is 1. The summed E-state index contributed by atoms with van der Waals surface area (Å²) in [5.41, 5.74) is 2.06. The zero-order valence-electron chi connectivity index (χ0n) is 11.3. The number of benzene rings is 1. The van der Waals surface area contributed by atoms with Crippen molar-refractivity contribution in [2.75, 3.05) is 18.0 Å². The average Bonchev–Trinajstić information content (AvgIpc) is 2.39. The molecule has 0 aliphatic carbocycles. The molecule has 0 saturated carbocycles. The molecule has 1 aromatic carbocycles. The van der Waals surface area contributed by atoms with Crippen LogP contribution in [-0.4, -0.2) is 24.2 Å². The fraction of sp³-hybridized carbons (Fsp3) is 0.467. The van der Waals surface area contributed by atoms with Crippen LogP contribution in [0.4, 0.5) is 5.69 Å². The van der Waals surface area contributed by atoms with Crippen LogP contribution < -0.4 is 4.90 Å². The van der Waals surface area contributed by atoms with Gasteiger partial charge in [0.15, 0.2) is 0 Å². The van der Waals surface area contributed by atoms with Gasteiger partial charge in [0.05, 0.1) is 16.7 Å². The maximum absolute atomic E-state index is 11.2. The van der Waals surface area contributed by atoms with Gasteiger partial charge in [0.2, 0.25) is 0 Å². The summed E-state index contributed by atoms with van der Waals surface area (Å²) in [7, 11) is 0. The molecule has 0 aromatic heterocycles. The van der Waals surface area contributed by atoms with Crippen molar-refractivity contribution in [3.63, 3.8) is 0 Å². The highest BCUT2D eigenvalue weighted by molar-refractivity contribution is 5.75. The fourth-order valence-electron chi connectivity index (χ4n) is 2.61. The first-order valence-electron chi connectivity index (χ1n) is 6.46. The van der Waals surface area contributed by atoms with Crippen molar-refractivity contribution in [1.29, 1.82) is 5.26 Å². The second-order valence-corrected chi connectivity index (χ2v) is 5.44. The van der Waals surface area contributed by atoms with E-state index in [2.05, 4.69) is 11.0 Å². The van der Waals surface area contributed by atoms with Crippen molar-refractivity contribution in [2.24, 2.45) is 5.41 Å². The van der Waals surface area contributed by atoms with E-state index in [4.69, 9.17) is 0 Å². The van der Waals surface area contributed by atoms with Gasteiger partial charge in [-0.3, -0.25) is 4.79 Å². The van der Waals surface area contributed by atoms with E-state index < -0.39 is 11.4 Å². The predicted molar refractivity (Wildman–Crippen MR) is 73.1 cm³/mol. The third kappa shape index (κ3) is 2.41. The highest BCUT2D eigenvalue weighted by atomic mass is 16.4. The maximum Gasteiger partial charge on any atom is 0.309 e. The zero-order valence-corrected chi connectivity index (χ0v) is 11.3. The molecular formula is C15H18N2O2. The number of nitrogens with zero attached hydrogens (tertiary/aromatic N) is 2. The fourth-order valence-corrected chi connectivity index (χ4v) is 2.61. The molecule has 4 nitrogen and oxygen atoms in total. The first-order chi connectivity index (χ1) is 8.98. The number of nitriles is 1. The summed E-state index contributed by atoms with van der Waals surface area (Å²) < 4.78 is 0. The minimum Gasteiger partial charge on any atom is -0.481 e. The molecule has 0 bridgehead atoms. The number of hydrogen-bond donors (Lipinski definition) is 1. The molecule has 1 N–H and O–H groups in total. The van der Waals surface area contributed by atoms with Gasteiger partial charge >= 0.3 is 5.97 Å². The molecule has 1 aliphatic rings. The lowest BCUT2D eigenvalue weighted by Crippen LogP contribution is -2.43. The molecule has 0 unspecified atom stereocenters. The quantitative estimate of drug-likeness (QED) is 0.885. The van der Waals surface area contributed by atoms with Gasteiger partial charge in [-0.25, -0.2) is 0 Å². The van der Waals surface area contributed by atoms with E-state index in [9.17, 15) is 15.2 Å². The number of hydrogen-bond acceptors (Lipinski definition) is 3. The van der Waals surface area contributed by atoms with Crippen LogP contribution in [0.3, 0.4) is 0 Å². The molecule has 1 fully saturated rings. The Labute approximate surface area is 113 Å². The van der Waals surface area contributed by atoms with E-state index in [-0.39, 0.29) is 0 Å². The number of rotatable bonds is 2. The molecule has 0 radical (unpaired) electrons. The SMILES string of the molecule is Cc1cccc(C#N)c1N1CCC(C)(C(=O)O)CC1. The minimum absolute atomic E-state index is 0.613. The van der Waals surface area contributed by atoms with E-state index in [1.165, 1.54) is 0 Å². The molecule has 2 rings (SSSR count). The Bertz CT molecular complexity index is 538. The number of aryl methyl sites for hydroxylation is 1. The van der Waals surface area contributed by atoms with Gasteiger partial charge < -0.3 is 10.0 Å². The summed E-state index contributed by atoms with van der Waals surface area (Å²) >= 11 is 0. The predicted octanol–water partition coefficient (Wildman–Crippen LogP) is 2.56. The normalized spacial score (nSPS) is 17.8. The molecule has 0 spiro atoms. The van der Waals surface area contributed by atoms with Crippen LogP contribution in [0.2, 0.25) is 0 Å². The molecule has 1 heterocycles. The highest BCUT2D eigenvalue weighted by Crippen LogP contribution is 2.35. The third-order valence-corrected chi connectivity index (χ3v) is 4.06. The summed E-state index contributed by atoms with van der Waals surface area (Å²) in [4.78, 5) is 13.4. The Balaban J connectivity index is 2.24. The first kappa shape index (κ1) is 13.4. The molecule has 19 heavy (non-hydrogen) atoms. The molecule has 0 atom stereocenters. The molecule has 1 aliphatic heterocycles. The second-order valence-electron chi connectivity index (χ2n) is 5.44. The summed E-state index contributed by atoms with van der Waals surface area (Å²) in [6.07, 6.45) is 1.23. The Kier molecular flexibility index (Phi) is 3.48. The van der Waals surface area contributed by atoms with Crippen molar-refractivity contribution < 1.29 is 9.90 Å². The van der Waals surface area contributed by atoms with E-state index in [1.54, 1.807) is 6.92 Å². The van der Waals surface area contributed by atoms with Crippen LogP contribution in [0.25, 0.3) is 0 Å². The standard InChI is InChI=1S/C15H18N2O2/c1-11-4-3-5-12(10-16)13(11)17-8-6-15(2,7-9-17)14(18)19/h3-5H,6-9H2,1-2H3,(H,18,19). The maximum atomic E-state index is 11.2. The molecule has 1 saturated heterocycles. The van der Waals surface area contributed by atoms with Crippen LogP contribution in [0.5, 0.6) is 0 Å². The second kappa shape index (κ2) is 4.93. The average molecular weight is 258 g/mol. The van der Waals surface area contributed by atoms with Gasteiger partial charge in [-0.2, -0.15) is 5.26 Å². The Hall–Kier alpha value is -2.02. The van der Waals surface area contributed by atoms with E-state index in [0.29, 0.717) is 31.5 Å². The van der Waals surface area contributed by atoms with E-state index >= 15 is 0 Å². The van der Waals surface area contributed by atoms with Gasteiger partial charge in [0, 0.05) is 13.1 Å². The van der Waals surface area contributed by atoms with E-state index in [0.717, 1.165) is 11.3 Å². The van der Waals surface area contributed by atoms with Crippen LogP contribution in [-0.2, 0) is 4.79 Å². The first-order valence-corrected chi connectivity index (χ1v) is 6.46. The van der Waals surface area contributed by atoms with E-state index in [1.807, 2.05) is 25.1 Å². The summed E-state index contributed by atoms with van der Waals surface area (Å²) in [6, 6.07) is 7.90. The van der Waals surface area contributed by atoms with Gasteiger partial charge in [-0.15, -0.1) is 0 Å². The Morgan fingerprint density at radius 3 is 2.58 bits per heavy atom. The highest BCUT2D eigenvalue weighted by Gasteiger charge is 2.37. The zero-order chi connectivity index (χ0) is 14.0. The van der Waals surface area contributed by atoms with Crippen LogP contribution >= 0.6 is 0 Å². The number of anilines is 1. The summed E-state index contributed by atoms with van der Waals surface area (Å²) in [5.74, 6) is -0.725. The largest absolute Gasteiger partial charge is 0.481 e. The molecule has 4 heteroatoms. The number of piperidine rings is 1. The number of para-hydroxylation sites is 1. The lowest BCUT2D eigenvalue weighted by atomic mass is 9.80. The number of aliphatic carboxylic acids is 1. The van der Waals surface area contributed by atoms with Crippen LogP contribution in [0.15, 0.2) is 18.2 Å². The van der Waals surface area contributed by atoms with Gasteiger partial charge in [-0.05, 0) is 38.3 Å². The summed E-state index contributed by atoms with van der Waals surface area (Å²) in [6.45, 7) is 5.15. The topological polar surface area (TPSA) is 64.3 Å². The lowest BCUT2D eigenvalue weighted by molar-refractivity contribution is -0.149. The Morgan fingerprint density at radius 1 is 1.42 bits per heavy atom. The van der Waals surface area contributed by atoms with Gasteiger partial charge in [0.25, 0.3) is 0 Å². The number of carboxylic acids is 1. The Morgan fingerprint density at radius 2 is 2.05 bits per heavy atom. The minimum atomic E-state index is -0.725. The van der Waals surface area contributed by atoms with Crippen LogP contribution in [0, 0.1) is 23.7 Å². The number of carboxylic acid groups (broad SMARTS) is 1. The monoisotopic (exact) mass is 258 g/mol. The van der Waals surface area contributed by atoms with Crippen LogP contribution in [0.1, 0.15) is 30.9 Å². The molecule has 0 amide bonds. The van der Waals surface area contributed by atoms with Crippen molar-refractivity contribution in [3.05, 3.63) is 29.3 Å². The molecule has 100 valence electrons. The van der Waals surface area contributed by atoms with Gasteiger partial charge in [0.1, 0.15) is 6.07 Å². The van der Waals surface area contributed by atoms with Crippen molar-refractivity contribution in [2.45, 2.75) is 26.7 Å². The smallest absolute Gasteiger partial charge is 0.309 e. The van der Waals surface area contributed by atoms with Gasteiger partial charge in [-0.1, -0.05) is 12.1 Å².